The van der Waals surface area contributed by atoms with Crippen molar-refractivity contribution < 1.29 is 4.79 Å². The lowest BCUT2D eigenvalue weighted by Crippen LogP contribution is -2.29. The summed E-state index contributed by atoms with van der Waals surface area (Å²) in [6.07, 6.45) is 0.572. The molecule has 84 valence electrons. The molecule has 1 heterocycles. The van der Waals surface area contributed by atoms with E-state index >= 15 is 0 Å². The van der Waals surface area contributed by atoms with Crippen LogP contribution in [0.15, 0.2) is 17.5 Å². The Bertz CT molecular complexity index is 311. The maximum absolute atomic E-state index is 11.7. The normalized spacial score (nSPS) is 13.6. The zero-order valence-corrected chi connectivity index (χ0v) is 10.6. The van der Waals surface area contributed by atoms with Crippen LogP contribution >= 0.6 is 11.3 Å². The molecule has 0 fully saturated rings. The van der Waals surface area contributed by atoms with E-state index in [-0.39, 0.29) is 17.4 Å². The van der Waals surface area contributed by atoms with Crippen LogP contribution in [0.5, 0.6) is 0 Å². The molecule has 0 radical (unpaired) electrons. The number of nitrogens with one attached hydrogen (secondary N) is 1. The third kappa shape index (κ3) is 4.47. The number of thiophene rings is 1. The lowest BCUT2D eigenvalue weighted by molar-refractivity contribution is -0.123. The molecule has 0 saturated heterocycles. The number of amides is 1. The average molecular weight is 225 g/mol. The summed E-state index contributed by atoms with van der Waals surface area (Å²) in [7, 11) is 0. The van der Waals surface area contributed by atoms with Gasteiger partial charge in [-0.05, 0) is 23.8 Å². The SMILES string of the molecule is CC(NC(=O)CC(C)(C)C)c1cccs1. The standard InChI is InChI=1S/C12H19NOS/c1-9(10-6-5-7-15-10)13-11(14)8-12(2,3)4/h5-7,9H,8H2,1-4H3,(H,13,14). The van der Waals surface area contributed by atoms with Crippen LogP contribution in [-0.4, -0.2) is 5.91 Å². The summed E-state index contributed by atoms with van der Waals surface area (Å²) in [6.45, 7) is 8.24. The van der Waals surface area contributed by atoms with Gasteiger partial charge in [0.1, 0.15) is 0 Å². The lowest BCUT2D eigenvalue weighted by atomic mass is 9.92. The molecule has 1 aromatic rings. The first-order chi connectivity index (χ1) is 6.88. The lowest BCUT2D eigenvalue weighted by Gasteiger charge is -2.19. The van der Waals surface area contributed by atoms with Crippen molar-refractivity contribution in [1.29, 1.82) is 0 Å². The fourth-order valence-electron chi connectivity index (χ4n) is 1.38. The third-order valence-electron chi connectivity index (χ3n) is 2.04. The van der Waals surface area contributed by atoms with Crippen molar-refractivity contribution in [3.05, 3.63) is 22.4 Å². The van der Waals surface area contributed by atoms with Crippen molar-refractivity contribution in [2.75, 3.05) is 0 Å². The molecule has 1 N–H and O–H groups in total. The largest absolute Gasteiger partial charge is 0.349 e. The van der Waals surface area contributed by atoms with Crippen LogP contribution in [0.3, 0.4) is 0 Å². The van der Waals surface area contributed by atoms with Gasteiger partial charge in [-0.1, -0.05) is 26.8 Å². The van der Waals surface area contributed by atoms with Crippen molar-refractivity contribution in [2.45, 2.75) is 40.2 Å². The second kappa shape index (κ2) is 4.79. The Morgan fingerprint density at radius 3 is 2.67 bits per heavy atom. The van der Waals surface area contributed by atoms with Crippen molar-refractivity contribution in [3.63, 3.8) is 0 Å². The maximum atomic E-state index is 11.7. The summed E-state index contributed by atoms with van der Waals surface area (Å²) in [4.78, 5) is 12.9. The van der Waals surface area contributed by atoms with Crippen molar-refractivity contribution in [3.8, 4) is 0 Å². The van der Waals surface area contributed by atoms with Gasteiger partial charge in [-0.2, -0.15) is 0 Å². The molecule has 1 amide bonds. The number of hydrogen-bond acceptors (Lipinski definition) is 2. The predicted octanol–water partition coefficient (Wildman–Crippen LogP) is 3.36. The molecule has 2 nitrogen and oxygen atoms in total. The number of carbonyl (C=O) groups excluding carboxylic acids is 1. The first-order valence-corrected chi connectivity index (χ1v) is 6.09. The molecule has 0 spiro atoms. The molecule has 1 rings (SSSR count). The molecule has 0 bridgehead atoms. The number of rotatable bonds is 3. The molecule has 15 heavy (non-hydrogen) atoms. The Kier molecular flexibility index (Phi) is 3.91. The quantitative estimate of drug-likeness (QED) is 0.839. The van der Waals surface area contributed by atoms with Gasteiger partial charge in [0, 0.05) is 11.3 Å². The Labute approximate surface area is 95.7 Å². The zero-order valence-electron chi connectivity index (χ0n) is 9.83. The first kappa shape index (κ1) is 12.2. The predicted molar refractivity (Wildman–Crippen MR) is 64.9 cm³/mol. The highest BCUT2D eigenvalue weighted by Gasteiger charge is 2.17. The van der Waals surface area contributed by atoms with Gasteiger partial charge in [0.2, 0.25) is 5.91 Å². The number of hydrogen-bond donors (Lipinski definition) is 1. The molecular formula is C12H19NOS. The minimum atomic E-state index is 0.0548. The highest BCUT2D eigenvalue weighted by Crippen LogP contribution is 2.21. The molecule has 3 heteroatoms. The summed E-state index contributed by atoms with van der Waals surface area (Å²) in [5, 5.41) is 5.04. The molecule has 0 aliphatic heterocycles. The zero-order chi connectivity index (χ0) is 11.5. The van der Waals surface area contributed by atoms with Crippen LogP contribution in [0.25, 0.3) is 0 Å². The van der Waals surface area contributed by atoms with Gasteiger partial charge >= 0.3 is 0 Å². The molecule has 1 atom stereocenters. The van der Waals surface area contributed by atoms with E-state index in [4.69, 9.17) is 0 Å². The van der Waals surface area contributed by atoms with Gasteiger partial charge in [-0.15, -0.1) is 11.3 Å². The Morgan fingerprint density at radius 1 is 1.53 bits per heavy atom. The summed E-state index contributed by atoms with van der Waals surface area (Å²) in [6, 6.07) is 4.18. The van der Waals surface area contributed by atoms with Crippen LogP contribution in [0.1, 0.15) is 45.0 Å². The topological polar surface area (TPSA) is 29.1 Å². The smallest absolute Gasteiger partial charge is 0.221 e. The number of carbonyl (C=O) groups is 1. The van der Waals surface area contributed by atoms with E-state index in [9.17, 15) is 4.79 Å². The Morgan fingerprint density at radius 2 is 2.20 bits per heavy atom. The molecular weight excluding hydrogens is 206 g/mol. The van der Waals surface area contributed by atoms with E-state index < -0.39 is 0 Å². The molecule has 0 saturated carbocycles. The molecule has 0 aliphatic rings. The van der Waals surface area contributed by atoms with Crippen molar-refractivity contribution in [2.24, 2.45) is 5.41 Å². The monoisotopic (exact) mass is 225 g/mol. The summed E-state index contributed by atoms with van der Waals surface area (Å²) >= 11 is 1.68. The van der Waals surface area contributed by atoms with Crippen LogP contribution < -0.4 is 5.32 Å². The van der Waals surface area contributed by atoms with E-state index in [0.717, 1.165) is 0 Å². The second-order valence-electron chi connectivity index (χ2n) is 5.04. The van der Waals surface area contributed by atoms with Crippen LogP contribution in [-0.2, 0) is 4.79 Å². The summed E-state index contributed by atoms with van der Waals surface area (Å²) in [5.74, 6) is 0.128. The molecule has 1 unspecified atom stereocenters. The maximum Gasteiger partial charge on any atom is 0.221 e. The summed E-state index contributed by atoms with van der Waals surface area (Å²) < 4.78 is 0. The van der Waals surface area contributed by atoms with Gasteiger partial charge in [0.05, 0.1) is 6.04 Å². The highest BCUT2D eigenvalue weighted by atomic mass is 32.1. The van der Waals surface area contributed by atoms with Gasteiger partial charge < -0.3 is 5.32 Å². The first-order valence-electron chi connectivity index (χ1n) is 5.21. The van der Waals surface area contributed by atoms with Gasteiger partial charge in [-0.3, -0.25) is 4.79 Å². The van der Waals surface area contributed by atoms with Gasteiger partial charge in [0.25, 0.3) is 0 Å². The average Bonchev–Trinajstić information content (AvgIpc) is 2.50. The van der Waals surface area contributed by atoms with Crippen LogP contribution in [0.2, 0.25) is 0 Å². The minimum absolute atomic E-state index is 0.0548. The van der Waals surface area contributed by atoms with E-state index in [1.807, 2.05) is 24.4 Å². The fourth-order valence-corrected chi connectivity index (χ4v) is 2.12. The molecule has 1 aromatic heterocycles. The van der Waals surface area contributed by atoms with E-state index in [1.165, 1.54) is 4.88 Å². The van der Waals surface area contributed by atoms with E-state index in [0.29, 0.717) is 6.42 Å². The Hall–Kier alpha value is -0.830. The van der Waals surface area contributed by atoms with Crippen LogP contribution in [0, 0.1) is 5.41 Å². The van der Waals surface area contributed by atoms with Crippen LogP contribution in [0.4, 0.5) is 0 Å². The van der Waals surface area contributed by atoms with E-state index in [1.54, 1.807) is 11.3 Å². The highest BCUT2D eigenvalue weighted by molar-refractivity contribution is 7.10. The minimum Gasteiger partial charge on any atom is -0.349 e. The van der Waals surface area contributed by atoms with Gasteiger partial charge in [0.15, 0.2) is 0 Å². The Balaban J connectivity index is 2.45. The molecule has 0 aromatic carbocycles. The van der Waals surface area contributed by atoms with E-state index in [2.05, 4.69) is 26.1 Å². The fraction of sp³-hybridized carbons (Fsp3) is 0.583. The summed E-state index contributed by atoms with van der Waals surface area (Å²) in [5.41, 5.74) is 0.0548. The van der Waals surface area contributed by atoms with Crippen molar-refractivity contribution >= 4 is 17.2 Å². The van der Waals surface area contributed by atoms with Crippen molar-refractivity contribution in [1.82, 2.24) is 5.32 Å². The van der Waals surface area contributed by atoms with Gasteiger partial charge in [-0.25, -0.2) is 0 Å². The second-order valence-corrected chi connectivity index (χ2v) is 6.02. The molecule has 0 aliphatic carbocycles. The third-order valence-corrected chi connectivity index (χ3v) is 3.09.